The summed E-state index contributed by atoms with van der Waals surface area (Å²) in [7, 11) is 0. The summed E-state index contributed by atoms with van der Waals surface area (Å²) in [5.41, 5.74) is 12.2. The Hall–Kier alpha value is -7.23. The van der Waals surface area contributed by atoms with Crippen molar-refractivity contribution in [2.75, 3.05) is 0 Å². The first-order valence-corrected chi connectivity index (χ1v) is 22.1. The van der Waals surface area contributed by atoms with Crippen molar-refractivity contribution in [1.29, 1.82) is 0 Å². The number of allylic oxidation sites excluding steroid dienone is 1. The molecule has 0 saturated carbocycles. The molecule has 0 radical (unpaired) electrons. The van der Waals surface area contributed by atoms with Crippen LogP contribution < -0.4 is 0 Å². The van der Waals surface area contributed by atoms with Crippen LogP contribution in [0.5, 0.6) is 0 Å². The standard InChI is InChI=1S/C59H48N2O/c1-5-37(3)57(46-29-28-39-18-10-11-21-41(39)30-46)60-58(40-19-8-7-9-20-40)48(6-2)38(4)47-33-52-51-32-43-23-13-15-25-45(43)36-56(51)62-59(52)55(35-47)61-53-27-17-16-26-49(53)50-31-42-22-12-14-24-44(42)34-54(50)61/h7-36,38,48H,5-6H2,1-4H3/b57-37-,60-58-. The van der Waals surface area contributed by atoms with Gasteiger partial charge in [-0.25, -0.2) is 0 Å². The van der Waals surface area contributed by atoms with Gasteiger partial charge in [0, 0.05) is 33.0 Å². The van der Waals surface area contributed by atoms with E-state index in [1.165, 1.54) is 59.7 Å². The van der Waals surface area contributed by atoms with E-state index in [1.807, 2.05) is 0 Å². The number of hydrogen-bond acceptors (Lipinski definition) is 2. The lowest BCUT2D eigenvalue weighted by atomic mass is 9.79. The number of hydrogen-bond donors (Lipinski definition) is 0. The number of para-hydroxylation sites is 1. The number of aromatic nitrogens is 1. The molecule has 0 N–H and O–H groups in total. The summed E-state index contributed by atoms with van der Waals surface area (Å²) in [6.07, 6.45) is 1.83. The number of rotatable bonds is 9. The maximum atomic E-state index is 7.06. The highest BCUT2D eigenvalue weighted by Gasteiger charge is 2.28. The van der Waals surface area contributed by atoms with Gasteiger partial charge in [0.2, 0.25) is 0 Å². The topological polar surface area (TPSA) is 30.4 Å². The third-order valence-corrected chi connectivity index (χ3v) is 13.4. The summed E-state index contributed by atoms with van der Waals surface area (Å²) in [5, 5.41) is 12.0. The van der Waals surface area contributed by atoms with Crippen molar-refractivity contribution >= 4 is 87.5 Å². The lowest BCUT2D eigenvalue weighted by molar-refractivity contribution is 0.557. The summed E-state index contributed by atoms with van der Waals surface area (Å²) in [4.78, 5) is 5.80. The van der Waals surface area contributed by atoms with Gasteiger partial charge < -0.3 is 8.98 Å². The van der Waals surface area contributed by atoms with E-state index in [1.54, 1.807) is 0 Å². The molecule has 11 aromatic rings. The van der Waals surface area contributed by atoms with Gasteiger partial charge in [0.05, 0.1) is 28.1 Å². The van der Waals surface area contributed by atoms with E-state index in [0.717, 1.165) is 68.5 Å². The largest absolute Gasteiger partial charge is 0.454 e. The van der Waals surface area contributed by atoms with E-state index >= 15 is 0 Å². The number of benzene rings is 9. The smallest absolute Gasteiger partial charge is 0.159 e. The first-order valence-electron chi connectivity index (χ1n) is 22.1. The zero-order valence-electron chi connectivity index (χ0n) is 35.7. The minimum Gasteiger partial charge on any atom is -0.454 e. The average Bonchev–Trinajstić information content (AvgIpc) is 3.85. The summed E-state index contributed by atoms with van der Waals surface area (Å²) in [6.45, 7) is 9.20. The molecule has 0 saturated heterocycles. The first-order chi connectivity index (χ1) is 30.5. The summed E-state index contributed by atoms with van der Waals surface area (Å²) < 4.78 is 9.51. The van der Waals surface area contributed by atoms with Crippen LogP contribution in [0, 0.1) is 5.92 Å². The Bertz CT molecular complexity index is 3580. The van der Waals surface area contributed by atoms with Crippen LogP contribution in [0.25, 0.3) is 87.4 Å². The van der Waals surface area contributed by atoms with E-state index < -0.39 is 0 Å². The van der Waals surface area contributed by atoms with Crippen LogP contribution in [0.3, 0.4) is 0 Å². The zero-order chi connectivity index (χ0) is 41.9. The molecular formula is C59H48N2O. The fourth-order valence-electron chi connectivity index (χ4n) is 9.93. The Balaban J connectivity index is 1.17. The lowest BCUT2D eigenvalue weighted by Gasteiger charge is -2.27. The highest BCUT2D eigenvalue weighted by molar-refractivity contribution is 6.17. The van der Waals surface area contributed by atoms with Crippen molar-refractivity contribution < 1.29 is 4.42 Å². The number of aliphatic imine (C=N–C) groups is 1. The van der Waals surface area contributed by atoms with Crippen LogP contribution in [0.1, 0.15) is 63.1 Å². The highest BCUT2D eigenvalue weighted by Crippen LogP contribution is 2.43. The highest BCUT2D eigenvalue weighted by atomic mass is 16.3. The van der Waals surface area contributed by atoms with Gasteiger partial charge in [0.15, 0.2) is 5.58 Å². The predicted octanol–water partition coefficient (Wildman–Crippen LogP) is 16.6. The van der Waals surface area contributed by atoms with Gasteiger partial charge in [0.25, 0.3) is 0 Å². The van der Waals surface area contributed by atoms with Gasteiger partial charge >= 0.3 is 0 Å². The van der Waals surface area contributed by atoms with Gasteiger partial charge in [-0.05, 0) is 123 Å². The maximum absolute atomic E-state index is 7.06. The Morgan fingerprint density at radius 3 is 1.85 bits per heavy atom. The lowest BCUT2D eigenvalue weighted by Crippen LogP contribution is -2.22. The third-order valence-electron chi connectivity index (χ3n) is 13.4. The second kappa shape index (κ2) is 15.3. The quantitative estimate of drug-likeness (QED) is 0.134. The number of fused-ring (bicyclic) bond motifs is 9. The fourth-order valence-corrected chi connectivity index (χ4v) is 9.93. The average molecular weight is 801 g/mol. The molecule has 11 rings (SSSR count). The van der Waals surface area contributed by atoms with Crippen molar-refractivity contribution in [3.05, 3.63) is 204 Å². The van der Waals surface area contributed by atoms with E-state index in [4.69, 9.17) is 9.41 Å². The molecule has 3 heteroatoms. The van der Waals surface area contributed by atoms with Gasteiger partial charge in [0.1, 0.15) is 5.58 Å². The van der Waals surface area contributed by atoms with Crippen molar-refractivity contribution in [2.24, 2.45) is 10.9 Å². The summed E-state index contributed by atoms with van der Waals surface area (Å²) in [5.74, 6) is 0.199. The van der Waals surface area contributed by atoms with E-state index in [0.29, 0.717) is 0 Å². The van der Waals surface area contributed by atoms with Gasteiger partial charge in [-0.1, -0.05) is 154 Å². The molecule has 2 atom stereocenters. The molecule has 0 aliphatic carbocycles. The summed E-state index contributed by atoms with van der Waals surface area (Å²) >= 11 is 0. The molecule has 62 heavy (non-hydrogen) atoms. The minimum atomic E-state index is 0.0984. The molecule has 0 aliphatic heterocycles. The molecule has 2 heterocycles. The third kappa shape index (κ3) is 6.31. The van der Waals surface area contributed by atoms with E-state index in [2.05, 4.69) is 214 Å². The van der Waals surface area contributed by atoms with Crippen molar-refractivity contribution in [3.63, 3.8) is 0 Å². The van der Waals surface area contributed by atoms with Gasteiger partial charge in [-0.15, -0.1) is 0 Å². The minimum absolute atomic E-state index is 0.0984. The van der Waals surface area contributed by atoms with E-state index in [9.17, 15) is 0 Å². The Morgan fingerprint density at radius 2 is 1.15 bits per heavy atom. The molecule has 0 amide bonds. The van der Waals surface area contributed by atoms with Crippen molar-refractivity contribution in [2.45, 2.75) is 46.5 Å². The molecule has 9 aromatic carbocycles. The normalized spacial score (nSPS) is 13.8. The zero-order valence-corrected chi connectivity index (χ0v) is 35.7. The first kappa shape index (κ1) is 37.7. The van der Waals surface area contributed by atoms with Crippen LogP contribution in [0.15, 0.2) is 197 Å². The monoisotopic (exact) mass is 800 g/mol. The maximum Gasteiger partial charge on any atom is 0.159 e. The summed E-state index contributed by atoms with van der Waals surface area (Å²) in [6, 6.07) is 66.4. The van der Waals surface area contributed by atoms with Crippen molar-refractivity contribution in [3.8, 4) is 5.69 Å². The van der Waals surface area contributed by atoms with Gasteiger partial charge in [-0.3, -0.25) is 4.99 Å². The molecule has 300 valence electrons. The molecule has 0 fully saturated rings. The van der Waals surface area contributed by atoms with Crippen LogP contribution in [-0.4, -0.2) is 10.3 Å². The number of nitrogens with zero attached hydrogens (tertiary/aromatic N) is 2. The van der Waals surface area contributed by atoms with Crippen LogP contribution >= 0.6 is 0 Å². The Morgan fingerprint density at radius 1 is 0.532 bits per heavy atom. The second-order valence-corrected chi connectivity index (χ2v) is 17.0. The predicted molar refractivity (Wildman–Crippen MR) is 265 cm³/mol. The molecule has 0 spiro atoms. The number of furan rings is 1. The molecule has 2 unspecified atom stereocenters. The van der Waals surface area contributed by atoms with Crippen LogP contribution in [0.2, 0.25) is 0 Å². The molecule has 2 aromatic heterocycles. The molecule has 3 nitrogen and oxygen atoms in total. The Labute approximate surface area is 362 Å². The SMILES string of the molecule is CC/C(C)=C(\N=C(\c1ccccc1)C(CC)C(C)c1cc(-n2c3ccccc3c3cc4ccccc4cc32)c2oc3cc4ccccc4cc3c2c1)c1ccc2ccccc2c1. The molecule has 0 bridgehead atoms. The molecular weight excluding hydrogens is 753 g/mol. The van der Waals surface area contributed by atoms with Gasteiger partial charge in [-0.2, -0.15) is 0 Å². The fraction of sp³-hybridized carbons (Fsp3) is 0.136. The van der Waals surface area contributed by atoms with Crippen LogP contribution in [-0.2, 0) is 0 Å². The second-order valence-electron chi connectivity index (χ2n) is 17.0. The van der Waals surface area contributed by atoms with Crippen molar-refractivity contribution in [1.82, 2.24) is 4.57 Å². The molecule has 0 aliphatic rings. The Kier molecular flexibility index (Phi) is 9.34. The van der Waals surface area contributed by atoms with E-state index in [-0.39, 0.29) is 11.8 Å². The van der Waals surface area contributed by atoms with Crippen LogP contribution in [0.4, 0.5) is 0 Å².